The molecular weight excluding hydrogens is 600 g/mol. The van der Waals surface area contributed by atoms with Gasteiger partial charge < -0.3 is 19.6 Å². The number of carbonyl (C=O) groups excluding carboxylic acids is 1. The first-order valence-corrected chi connectivity index (χ1v) is 18.6. The molecule has 0 aliphatic heterocycles. The molecule has 0 saturated carbocycles. The third-order valence-corrected chi connectivity index (χ3v) is 8.85. The van der Waals surface area contributed by atoms with Crippen LogP contribution in [0.4, 0.5) is 0 Å². The molecule has 2 heterocycles. The average molecular weight is 665 g/mol. The van der Waals surface area contributed by atoms with Gasteiger partial charge >= 0.3 is 5.97 Å². The summed E-state index contributed by atoms with van der Waals surface area (Å²) >= 11 is 0. The smallest absolute Gasteiger partial charge is 0.307 e. The van der Waals surface area contributed by atoms with Crippen molar-refractivity contribution in [3.05, 3.63) is 71.8 Å². The van der Waals surface area contributed by atoms with Gasteiger partial charge in [0.2, 0.25) is 0 Å². The van der Waals surface area contributed by atoms with Crippen LogP contribution in [-0.4, -0.2) is 104 Å². The van der Waals surface area contributed by atoms with E-state index in [0.29, 0.717) is 26.1 Å². The van der Waals surface area contributed by atoms with Crippen molar-refractivity contribution in [1.29, 1.82) is 0 Å². The van der Waals surface area contributed by atoms with Crippen molar-refractivity contribution >= 4 is 5.97 Å². The molecule has 3 rings (SSSR count). The van der Waals surface area contributed by atoms with Crippen LogP contribution in [0, 0.1) is 0 Å². The van der Waals surface area contributed by atoms with E-state index in [2.05, 4.69) is 98.4 Å². The maximum atomic E-state index is 12.8. The lowest BCUT2D eigenvalue weighted by atomic mass is 10.1. The van der Waals surface area contributed by atoms with E-state index in [1.54, 1.807) is 12.4 Å². The first kappa shape index (κ1) is 39.4. The van der Waals surface area contributed by atoms with E-state index < -0.39 is 0 Å². The van der Waals surface area contributed by atoms with E-state index in [9.17, 15) is 4.79 Å². The van der Waals surface area contributed by atoms with Crippen molar-refractivity contribution in [2.24, 2.45) is 0 Å². The Morgan fingerprint density at radius 1 is 0.688 bits per heavy atom. The molecular formula is C38H64N8O2. The lowest BCUT2D eigenvalue weighted by molar-refractivity contribution is -0.144. The number of aromatic amines is 2. The van der Waals surface area contributed by atoms with Gasteiger partial charge in [-0.15, -0.1) is 0 Å². The highest BCUT2D eigenvalue weighted by atomic mass is 16.5. The molecule has 48 heavy (non-hydrogen) atoms. The van der Waals surface area contributed by atoms with Gasteiger partial charge in [0.15, 0.2) is 0 Å². The van der Waals surface area contributed by atoms with Crippen molar-refractivity contribution < 1.29 is 9.53 Å². The summed E-state index contributed by atoms with van der Waals surface area (Å²) in [5.74, 6) is 1.78. The molecule has 268 valence electrons. The van der Waals surface area contributed by atoms with Crippen LogP contribution in [0.3, 0.4) is 0 Å². The number of imidazole rings is 2. The predicted octanol–water partition coefficient (Wildman–Crippen LogP) is 6.66. The molecule has 1 aromatic carbocycles. The normalized spacial score (nSPS) is 12.5. The Kier molecular flexibility index (Phi) is 19.1. The number of benzene rings is 1. The maximum absolute atomic E-state index is 12.8. The monoisotopic (exact) mass is 665 g/mol. The fourth-order valence-electron chi connectivity index (χ4n) is 6.31. The average Bonchev–Trinajstić information content (AvgIpc) is 3.81. The van der Waals surface area contributed by atoms with Crippen LogP contribution in [0.25, 0.3) is 0 Å². The van der Waals surface area contributed by atoms with E-state index in [1.807, 2.05) is 12.4 Å². The van der Waals surface area contributed by atoms with Crippen LogP contribution in [0.5, 0.6) is 0 Å². The van der Waals surface area contributed by atoms with Crippen LogP contribution in [0.2, 0.25) is 0 Å². The van der Waals surface area contributed by atoms with Crippen molar-refractivity contribution in [2.45, 2.75) is 105 Å². The molecule has 0 fully saturated rings. The van der Waals surface area contributed by atoms with Gasteiger partial charge in [0.1, 0.15) is 18.3 Å². The lowest BCUT2D eigenvalue weighted by Crippen LogP contribution is -2.31. The summed E-state index contributed by atoms with van der Waals surface area (Å²) in [4.78, 5) is 38.0. The molecule has 1 atom stereocenters. The van der Waals surface area contributed by atoms with Gasteiger partial charge in [0, 0.05) is 51.0 Å². The van der Waals surface area contributed by atoms with Crippen molar-refractivity contribution in [1.82, 2.24) is 39.5 Å². The molecule has 1 unspecified atom stereocenters. The van der Waals surface area contributed by atoms with Gasteiger partial charge in [-0.25, -0.2) is 9.97 Å². The summed E-state index contributed by atoms with van der Waals surface area (Å²) in [6.45, 7) is 21.9. The zero-order valence-electron chi connectivity index (χ0n) is 30.6. The fraction of sp³-hybridized carbons (Fsp3) is 0.658. The van der Waals surface area contributed by atoms with Crippen molar-refractivity contribution in [3.8, 4) is 0 Å². The highest BCUT2D eigenvalue weighted by molar-refractivity contribution is 5.69. The SMILES string of the molecule is CCCN(CCC)CCCCN(CCC(=O)OCCN(CCC)CCC)Cc1ccc(CN(Cc2ncc[nH]2)C(C)c2ncc[nH]2)cc1. The molecule has 3 aromatic rings. The summed E-state index contributed by atoms with van der Waals surface area (Å²) in [5.41, 5.74) is 2.50. The molecule has 2 aromatic heterocycles. The van der Waals surface area contributed by atoms with E-state index >= 15 is 0 Å². The number of esters is 1. The largest absolute Gasteiger partial charge is 0.464 e. The Morgan fingerprint density at radius 3 is 1.81 bits per heavy atom. The predicted molar refractivity (Wildman–Crippen MR) is 195 cm³/mol. The summed E-state index contributed by atoms with van der Waals surface area (Å²) in [5, 5.41) is 0. The molecule has 2 N–H and O–H groups in total. The van der Waals surface area contributed by atoms with Gasteiger partial charge in [-0.3, -0.25) is 19.5 Å². The Labute approximate surface area is 290 Å². The Morgan fingerprint density at radius 2 is 1.25 bits per heavy atom. The number of unbranched alkanes of at least 4 members (excludes halogenated alkanes) is 1. The van der Waals surface area contributed by atoms with Gasteiger partial charge in [-0.2, -0.15) is 0 Å². The number of ether oxygens (including phenoxy) is 1. The van der Waals surface area contributed by atoms with Gasteiger partial charge in [-0.1, -0.05) is 52.0 Å². The van der Waals surface area contributed by atoms with Crippen LogP contribution < -0.4 is 0 Å². The second kappa shape index (κ2) is 23.3. The molecule has 0 aliphatic carbocycles. The number of H-pyrrole nitrogens is 2. The van der Waals surface area contributed by atoms with Gasteiger partial charge in [-0.05, 0) is 95.8 Å². The minimum absolute atomic E-state index is 0.0947. The molecule has 0 bridgehead atoms. The second-order valence-corrected chi connectivity index (χ2v) is 13.0. The lowest BCUT2D eigenvalue weighted by Gasteiger charge is -2.27. The highest BCUT2D eigenvalue weighted by Gasteiger charge is 2.20. The van der Waals surface area contributed by atoms with Crippen LogP contribution >= 0.6 is 0 Å². The first-order chi connectivity index (χ1) is 23.4. The number of carbonyl (C=O) groups is 1. The molecule has 0 radical (unpaired) electrons. The number of hydrogen-bond donors (Lipinski definition) is 2. The number of aromatic nitrogens is 4. The summed E-state index contributed by atoms with van der Waals surface area (Å²) in [6, 6.07) is 9.05. The minimum atomic E-state index is -0.0947. The van der Waals surface area contributed by atoms with E-state index in [-0.39, 0.29) is 12.0 Å². The topological polar surface area (TPSA) is 96.6 Å². The van der Waals surface area contributed by atoms with E-state index in [4.69, 9.17) is 4.74 Å². The van der Waals surface area contributed by atoms with Gasteiger partial charge in [0.05, 0.1) is 19.0 Å². The highest BCUT2D eigenvalue weighted by Crippen LogP contribution is 2.22. The van der Waals surface area contributed by atoms with Crippen LogP contribution in [0.15, 0.2) is 49.1 Å². The van der Waals surface area contributed by atoms with E-state index in [1.165, 1.54) is 43.5 Å². The quantitative estimate of drug-likeness (QED) is 0.0691. The summed E-state index contributed by atoms with van der Waals surface area (Å²) in [7, 11) is 0. The van der Waals surface area contributed by atoms with Crippen LogP contribution in [-0.2, 0) is 29.2 Å². The molecule has 10 nitrogen and oxygen atoms in total. The summed E-state index contributed by atoms with van der Waals surface area (Å²) < 4.78 is 5.68. The molecule has 0 amide bonds. The van der Waals surface area contributed by atoms with Gasteiger partial charge in [0.25, 0.3) is 0 Å². The zero-order chi connectivity index (χ0) is 34.4. The maximum Gasteiger partial charge on any atom is 0.307 e. The number of hydrogen-bond acceptors (Lipinski definition) is 8. The minimum Gasteiger partial charge on any atom is -0.464 e. The number of nitrogens with zero attached hydrogens (tertiary/aromatic N) is 6. The Hall–Kier alpha value is -3.05. The Bertz CT molecular complexity index is 1190. The third-order valence-electron chi connectivity index (χ3n) is 8.85. The Balaban J connectivity index is 1.59. The van der Waals surface area contributed by atoms with Crippen molar-refractivity contribution in [2.75, 3.05) is 59.0 Å². The number of rotatable bonds is 27. The zero-order valence-corrected chi connectivity index (χ0v) is 30.6. The molecule has 0 saturated heterocycles. The van der Waals surface area contributed by atoms with E-state index in [0.717, 1.165) is 76.7 Å². The number of nitrogens with one attached hydrogen (secondary N) is 2. The molecule has 0 aliphatic rings. The fourth-order valence-corrected chi connectivity index (χ4v) is 6.31. The molecule has 10 heteroatoms. The molecule has 0 spiro atoms. The standard InChI is InChI=1S/C38H64N8O2/c1-6-21-43(22-7-2)25-10-11-26-45(27-16-37(47)48-29-28-44(23-8-3)24-9-4)30-34-12-14-35(15-13-34)31-46(32-36-39-17-18-40-36)33(5)38-41-19-20-42-38/h12-15,17-20,33H,6-11,16,21-32H2,1-5H3,(H,39,40)(H,41,42). The van der Waals surface area contributed by atoms with Crippen LogP contribution in [0.1, 0.15) is 108 Å². The third kappa shape index (κ3) is 15.0. The second-order valence-electron chi connectivity index (χ2n) is 13.0. The van der Waals surface area contributed by atoms with Crippen molar-refractivity contribution in [3.63, 3.8) is 0 Å². The summed E-state index contributed by atoms with van der Waals surface area (Å²) in [6.07, 6.45) is 14.7. The first-order valence-electron chi connectivity index (χ1n) is 18.6.